The zero-order valence-electron chi connectivity index (χ0n) is 13.0. The van der Waals surface area contributed by atoms with E-state index in [1.807, 2.05) is 0 Å². The number of carbonyl (C=O) groups is 1. The summed E-state index contributed by atoms with van der Waals surface area (Å²) < 4.78 is 52.2. The van der Waals surface area contributed by atoms with Crippen LogP contribution in [0.5, 0.6) is 0 Å². The lowest BCUT2D eigenvalue weighted by molar-refractivity contribution is -0.140. The third-order valence-corrected chi connectivity index (χ3v) is 4.96. The van der Waals surface area contributed by atoms with Crippen molar-refractivity contribution in [3.8, 4) is 0 Å². The lowest BCUT2D eigenvalue weighted by Gasteiger charge is -2.13. The van der Waals surface area contributed by atoms with E-state index < -0.39 is 35.2 Å². The first-order chi connectivity index (χ1) is 12.3. The number of halogens is 5. The van der Waals surface area contributed by atoms with Crippen LogP contribution in [0.2, 0.25) is 5.02 Å². The highest BCUT2D eigenvalue weighted by molar-refractivity contribution is 8.14. The number of alkyl halides is 3. The van der Waals surface area contributed by atoms with Crippen molar-refractivity contribution in [1.82, 2.24) is 0 Å². The van der Waals surface area contributed by atoms with Gasteiger partial charge in [0.2, 0.25) is 5.91 Å². The number of amides is 1. The summed E-state index contributed by atoms with van der Waals surface area (Å²) >= 11 is 7.15. The highest BCUT2D eigenvalue weighted by Crippen LogP contribution is 2.34. The Morgan fingerprint density at radius 3 is 2.54 bits per heavy atom. The van der Waals surface area contributed by atoms with Gasteiger partial charge in [0, 0.05) is 16.3 Å². The van der Waals surface area contributed by atoms with Gasteiger partial charge in [0.15, 0.2) is 5.82 Å². The summed E-state index contributed by atoms with van der Waals surface area (Å²) in [6.07, 6.45) is -4.84. The number of thioether (sulfide) groups is 1. The van der Waals surface area contributed by atoms with Gasteiger partial charge in [-0.2, -0.15) is 13.2 Å². The van der Waals surface area contributed by atoms with E-state index in [4.69, 9.17) is 11.6 Å². The van der Waals surface area contributed by atoms with Gasteiger partial charge in [0.1, 0.15) is 6.04 Å². The first-order valence-corrected chi connectivity index (χ1v) is 8.75. The number of benzene rings is 2. The molecule has 1 aliphatic heterocycles. The van der Waals surface area contributed by atoms with Gasteiger partial charge in [-0.15, -0.1) is 11.8 Å². The number of hydrogen-bond donors (Lipinski definition) is 1. The fourth-order valence-corrected chi connectivity index (χ4v) is 3.49. The molecular formula is C17H11ClF4N2OS. The Kier molecular flexibility index (Phi) is 5.24. The van der Waals surface area contributed by atoms with Gasteiger partial charge in [0.05, 0.1) is 16.3 Å². The van der Waals surface area contributed by atoms with Gasteiger partial charge in [-0.05, 0) is 24.3 Å². The van der Waals surface area contributed by atoms with Crippen LogP contribution in [0.4, 0.5) is 23.2 Å². The number of nitrogens with one attached hydrogen (secondary N) is 1. The van der Waals surface area contributed by atoms with Crippen LogP contribution in [0.15, 0.2) is 47.5 Å². The van der Waals surface area contributed by atoms with E-state index in [-0.39, 0.29) is 0 Å². The molecule has 0 saturated heterocycles. The van der Waals surface area contributed by atoms with Crippen molar-refractivity contribution in [2.24, 2.45) is 4.99 Å². The van der Waals surface area contributed by atoms with Gasteiger partial charge in [-0.25, -0.2) is 4.39 Å². The van der Waals surface area contributed by atoms with Crippen molar-refractivity contribution in [2.75, 3.05) is 11.1 Å². The molecule has 9 heteroatoms. The minimum absolute atomic E-state index is 0.310. The largest absolute Gasteiger partial charge is 0.419 e. The number of aliphatic imine (C=N–C) groups is 1. The molecule has 3 rings (SSSR count). The fourth-order valence-electron chi connectivity index (χ4n) is 2.32. The predicted molar refractivity (Wildman–Crippen MR) is 94.3 cm³/mol. The van der Waals surface area contributed by atoms with Crippen LogP contribution in [0.3, 0.4) is 0 Å². The van der Waals surface area contributed by atoms with Crippen LogP contribution in [0, 0.1) is 5.82 Å². The van der Waals surface area contributed by atoms with E-state index in [1.54, 1.807) is 24.3 Å². The molecule has 0 fully saturated rings. The number of rotatable bonds is 3. The predicted octanol–water partition coefficient (Wildman–Crippen LogP) is 5.00. The standard InChI is InChI=1S/C17H11ClF4N2OS/c18-10-6-4-9(5-7-10)16-24-13(8-26-16)15(25)23-12-3-1-2-11(14(12)19)17(20,21)22/h1-7,13H,8H2,(H,23,25). The zero-order valence-corrected chi connectivity index (χ0v) is 14.6. The maximum atomic E-state index is 14.0. The van der Waals surface area contributed by atoms with Crippen LogP contribution in [0.25, 0.3) is 0 Å². The molecule has 1 unspecified atom stereocenters. The minimum atomic E-state index is -4.84. The first-order valence-electron chi connectivity index (χ1n) is 7.39. The third kappa shape index (κ3) is 4.02. The Morgan fingerprint density at radius 2 is 1.88 bits per heavy atom. The van der Waals surface area contributed by atoms with Gasteiger partial charge in [-0.3, -0.25) is 9.79 Å². The summed E-state index contributed by atoms with van der Waals surface area (Å²) in [7, 11) is 0. The zero-order chi connectivity index (χ0) is 18.9. The smallest absolute Gasteiger partial charge is 0.322 e. The summed E-state index contributed by atoms with van der Waals surface area (Å²) in [5.74, 6) is -1.87. The van der Waals surface area contributed by atoms with E-state index in [9.17, 15) is 22.4 Å². The Balaban J connectivity index is 1.76. The van der Waals surface area contributed by atoms with Gasteiger partial charge in [0.25, 0.3) is 0 Å². The Bertz CT molecular complexity index is 868. The molecule has 1 aliphatic rings. The minimum Gasteiger partial charge on any atom is -0.322 e. The van der Waals surface area contributed by atoms with Crippen molar-refractivity contribution in [3.63, 3.8) is 0 Å². The average molecular weight is 403 g/mol. The topological polar surface area (TPSA) is 41.5 Å². The molecule has 1 atom stereocenters. The summed E-state index contributed by atoms with van der Waals surface area (Å²) in [5, 5.41) is 3.37. The van der Waals surface area contributed by atoms with Crippen molar-refractivity contribution in [1.29, 1.82) is 0 Å². The van der Waals surface area contributed by atoms with Crippen molar-refractivity contribution < 1.29 is 22.4 Å². The highest BCUT2D eigenvalue weighted by atomic mass is 35.5. The lowest BCUT2D eigenvalue weighted by atomic mass is 10.1. The molecule has 1 heterocycles. The van der Waals surface area contributed by atoms with E-state index in [1.165, 1.54) is 11.8 Å². The number of anilines is 1. The second-order valence-corrected chi connectivity index (χ2v) is 6.87. The van der Waals surface area contributed by atoms with E-state index in [0.717, 1.165) is 17.7 Å². The maximum absolute atomic E-state index is 14.0. The summed E-state index contributed by atoms with van der Waals surface area (Å²) in [5.41, 5.74) is -1.17. The summed E-state index contributed by atoms with van der Waals surface area (Å²) in [6, 6.07) is 8.78. The lowest BCUT2D eigenvalue weighted by Crippen LogP contribution is -2.27. The van der Waals surface area contributed by atoms with E-state index in [0.29, 0.717) is 21.9 Å². The van der Waals surface area contributed by atoms with Crippen molar-refractivity contribution >= 4 is 40.0 Å². The second kappa shape index (κ2) is 7.28. The molecule has 1 amide bonds. The average Bonchev–Trinajstić information content (AvgIpc) is 3.06. The van der Waals surface area contributed by atoms with Gasteiger partial charge >= 0.3 is 6.18 Å². The van der Waals surface area contributed by atoms with Crippen molar-refractivity contribution in [2.45, 2.75) is 12.2 Å². The van der Waals surface area contributed by atoms with Crippen LogP contribution in [-0.2, 0) is 11.0 Å². The molecule has 0 bridgehead atoms. The summed E-state index contributed by atoms with van der Waals surface area (Å²) in [4.78, 5) is 16.5. The fraction of sp³-hybridized carbons (Fsp3) is 0.176. The molecule has 3 nitrogen and oxygen atoms in total. The highest BCUT2D eigenvalue weighted by Gasteiger charge is 2.35. The van der Waals surface area contributed by atoms with Crippen LogP contribution >= 0.6 is 23.4 Å². The Labute approximate surface area is 155 Å². The van der Waals surface area contributed by atoms with Crippen LogP contribution in [-0.4, -0.2) is 22.7 Å². The molecule has 136 valence electrons. The molecule has 0 spiro atoms. The Hall–Kier alpha value is -2.06. The number of nitrogens with zero attached hydrogens (tertiary/aromatic N) is 1. The van der Waals surface area contributed by atoms with Crippen LogP contribution in [0.1, 0.15) is 11.1 Å². The molecule has 2 aromatic rings. The molecule has 26 heavy (non-hydrogen) atoms. The van der Waals surface area contributed by atoms with E-state index >= 15 is 0 Å². The monoisotopic (exact) mass is 402 g/mol. The molecule has 0 saturated carbocycles. The molecule has 0 aromatic heterocycles. The normalized spacial score (nSPS) is 17.1. The maximum Gasteiger partial charge on any atom is 0.419 e. The summed E-state index contributed by atoms with van der Waals surface area (Å²) in [6.45, 7) is 0. The van der Waals surface area contributed by atoms with Gasteiger partial charge < -0.3 is 5.32 Å². The second-order valence-electron chi connectivity index (χ2n) is 5.42. The molecule has 0 radical (unpaired) electrons. The van der Waals surface area contributed by atoms with Crippen molar-refractivity contribution in [3.05, 3.63) is 64.4 Å². The molecule has 0 aliphatic carbocycles. The SMILES string of the molecule is O=C(Nc1cccc(C(F)(F)F)c1F)C1CSC(c2ccc(Cl)cc2)=N1. The van der Waals surface area contributed by atoms with Crippen LogP contribution < -0.4 is 5.32 Å². The quantitative estimate of drug-likeness (QED) is 0.734. The number of hydrogen-bond acceptors (Lipinski definition) is 3. The molecule has 2 aromatic carbocycles. The first kappa shape index (κ1) is 18.7. The molecule has 1 N–H and O–H groups in total. The van der Waals surface area contributed by atoms with E-state index in [2.05, 4.69) is 10.3 Å². The molecular weight excluding hydrogens is 392 g/mol. The van der Waals surface area contributed by atoms with Gasteiger partial charge in [-0.1, -0.05) is 29.8 Å². The Morgan fingerprint density at radius 1 is 1.19 bits per heavy atom. The number of carbonyl (C=O) groups excluding carboxylic acids is 1. The third-order valence-electron chi connectivity index (χ3n) is 3.61.